The van der Waals surface area contributed by atoms with Crippen molar-refractivity contribution in [2.75, 3.05) is 13.9 Å². The average molecular weight is 299 g/mol. The Morgan fingerprint density at radius 3 is 2.25 bits per heavy atom. The average Bonchev–Trinajstić information content (AvgIpc) is 2.57. The van der Waals surface area contributed by atoms with Crippen molar-refractivity contribution in [2.45, 2.75) is 38.9 Å². The van der Waals surface area contributed by atoms with Gasteiger partial charge >= 0.3 is 7.12 Å². The fourth-order valence-electron chi connectivity index (χ4n) is 1.88. The molecular weight excluding hydrogens is 278 g/mol. The van der Waals surface area contributed by atoms with E-state index in [0.29, 0.717) is 10.8 Å². The lowest BCUT2D eigenvalue weighted by Gasteiger charge is -2.32. The summed E-state index contributed by atoms with van der Waals surface area (Å²) in [5, 5.41) is 0.509. The summed E-state index contributed by atoms with van der Waals surface area (Å²) in [5.74, 6) is 0.578. The van der Waals surface area contributed by atoms with Crippen LogP contribution in [0, 0.1) is 0 Å². The molecule has 0 spiro atoms. The Kier molecular flexibility index (Phi) is 4.35. The Balaban J connectivity index is 2.17. The molecule has 4 nitrogen and oxygen atoms in total. The van der Waals surface area contributed by atoms with E-state index in [4.69, 9.17) is 30.4 Å². The molecule has 0 bridgehead atoms. The summed E-state index contributed by atoms with van der Waals surface area (Å²) in [6, 6.07) is 5.48. The molecule has 0 saturated carbocycles. The third kappa shape index (κ3) is 2.96. The molecule has 0 aromatic heterocycles. The number of methoxy groups -OCH3 is 1. The Morgan fingerprint density at radius 1 is 1.15 bits per heavy atom. The lowest BCUT2D eigenvalue weighted by molar-refractivity contribution is 0.00578. The Bertz CT molecular complexity index is 474. The van der Waals surface area contributed by atoms with Gasteiger partial charge in [0, 0.05) is 7.11 Å². The minimum Gasteiger partial charge on any atom is -0.466 e. The van der Waals surface area contributed by atoms with Gasteiger partial charge in [-0.05, 0) is 45.3 Å². The predicted octanol–water partition coefficient (Wildman–Crippen LogP) is 2.62. The number of hydrogen-bond donors (Lipinski definition) is 0. The van der Waals surface area contributed by atoms with Crippen LogP contribution in [0.2, 0.25) is 5.02 Å². The van der Waals surface area contributed by atoms with Crippen molar-refractivity contribution in [3.63, 3.8) is 0 Å². The maximum atomic E-state index is 6.19. The van der Waals surface area contributed by atoms with Crippen LogP contribution in [0.4, 0.5) is 0 Å². The highest BCUT2D eigenvalue weighted by Crippen LogP contribution is 2.36. The third-order valence-corrected chi connectivity index (χ3v) is 4.11. The Hall–Kier alpha value is -0.745. The first-order valence-electron chi connectivity index (χ1n) is 6.54. The van der Waals surface area contributed by atoms with E-state index in [2.05, 4.69) is 0 Å². The van der Waals surface area contributed by atoms with E-state index in [9.17, 15) is 0 Å². The second kappa shape index (κ2) is 5.56. The molecule has 1 aliphatic heterocycles. The van der Waals surface area contributed by atoms with Crippen molar-refractivity contribution in [2.24, 2.45) is 0 Å². The molecule has 6 heteroatoms. The quantitative estimate of drug-likeness (QED) is 0.632. The van der Waals surface area contributed by atoms with Crippen LogP contribution in [0.1, 0.15) is 27.7 Å². The van der Waals surface area contributed by atoms with Gasteiger partial charge in [0.05, 0.1) is 16.2 Å². The first-order valence-corrected chi connectivity index (χ1v) is 6.91. The maximum absolute atomic E-state index is 6.19. The first kappa shape index (κ1) is 15.6. The van der Waals surface area contributed by atoms with Crippen LogP contribution in [-0.4, -0.2) is 32.2 Å². The molecular formula is C14H20BClO4. The van der Waals surface area contributed by atoms with Gasteiger partial charge in [-0.3, -0.25) is 0 Å². The highest BCUT2D eigenvalue weighted by Gasteiger charge is 2.51. The zero-order chi connectivity index (χ0) is 15.0. The Morgan fingerprint density at radius 2 is 1.75 bits per heavy atom. The van der Waals surface area contributed by atoms with E-state index >= 15 is 0 Å². The van der Waals surface area contributed by atoms with Gasteiger partial charge < -0.3 is 18.8 Å². The maximum Gasteiger partial charge on any atom is 0.494 e. The summed E-state index contributed by atoms with van der Waals surface area (Å²) < 4.78 is 22.2. The predicted molar refractivity (Wildman–Crippen MR) is 79.7 cm³/mol. The number of benzene rings is 1. The van der Waals surface area contributed by atoms with E-state index in [1.807, 2.05) is 33.8 Å². The lowest BCUT2D eigenvalue weighted by atomic mass is 9.79. The summed E-state index contributed by atoms with van der Waals surface area (Å²) >= 11 is 6.19. The second-order valence-corrected chi connectivity index (χ2v) is 6.24. The zero-order valence-electron chi connectivity index (χ0n) is 12.5. The van der Waals surface area contributed by atoms with Crippen molar-refractivity contribution in [1.29, 1.82) is 0 Å². The molecule has 0 amide bonds. The lowest BCUT2D eigenvalue weighted by Crippen LogP contribution is -2.41. The molecule has 1 heterocycles. The van der Waals surface area contributed by atoms with Crippen LogP contribution in [0.3, 0.4) is 0 Å². The van der Waals surface area contributed by atoms with E-state index in [1.165, 1.54) is 0 Å². The second-order valence-electron chi connectivity index (χ2n) is 5.83. The summed E-state index contributed by atoms with van der Waals surface area (Å²) in [5.41, 5.74) is 0.142. The third-order valence-electron chi connectivity index (χ3n) is 3.81. The normalized spacial score (nSPS) is 20.2. The largest absolute Gasteiger partial charge is 0.494 e. The van der Waals surface area contributed by atoms with Crippen molar-refractivity contribution in [3.8, 4) is 5.75 Å². The summed E-state index contributed by atoms with van der Waals surface area (Å²) in [6.45, 7) is 8.24. The standard InChI is InChI=1S/C14H20BClO4/c1-13(2)14(3,4)20-15(19-13)10-6-7-12(11(16)8-10)18-9-17-5/h6-8H,9H2,1-5H3. The molecule has 1 fully saturated rings. The molecule has 1 aliphatic rings. The minimum absolute atomic E-state index is 0.162. The Labute approximate surface area is 125 Å². The highest BCUT2D eigenvalue weighted by molar-refractivity contribution is 6.62. The van der Waals surface area contributed by atoms with Gasteiger partial charge in [0.15, 0.2) is 6.79 Å². The van der Waals surface area contributed by atoms with E-state index in [-0.39, 0.29) is 18.0 Å². The van der Waals surface area contributed by atoms with Crippen molar-refractivity contribution in [1.82, 2.24) is 0 Å². The number of rotatable bonds is 4. The van der Waals surface area contributed by atoms with Crippen molar-refractivity contribution < 1.29 is 18.8 Å². The minimum atomic E-state index is -0.422. The van der Waals surface area contributed by atoms with Gasteiger partial charge in [0.25, 0.3) is 0 Å². The molecule has 1 aromatic rings. The van der Waals surface area contributed by atoms with Crippen molar-refractivity contribution in [3.05, 3.63) is 23.2 Å². The number of hydrogen-bond acceptors (Lipinski definition) is 4. The van der Waals surface area contributed by atoms with Gasteiger partial charge in [0.2, 0.25) is 0 Å². The fraction of sp³-hybridized carbons (Fsp3) is 0.571. The van der Waals surface area contributed by atoms with Gasteiger partial charge in [-0.15, -0.1) is 0 Å². The van der Waals surface area contributed by atoms with Gasteiger partial charge in [-0.2, -0.15) is 0 Å². The molecule has 20 heavy (non-hydrogen) atoms. The summed E-state index contributed by atoms with van der Waals surface area (Å²) in [6.07, 6.45) is 0. The van der Waals surface area contributed by atoms with Gasteiger partial charge in [-0.1, -0.05) is 17.7 Å². The van der Waals surface area contributed by atoms with Crippen LogP contribution in [0.15, 0.2) is 18.2 Å². The smallest absolute Gasteiger partial charge is 0.466 e. The van der Waals surface area contributed by atoms with Crippen LogP contribution < -0.4 is 10.2 Å². The highest BCUT2D eigenvalue weighted by atomic mass is 35.5. The van der Waals surface area contributed by atoms with Crippen LogP contribution in [0.25, 0.3) is 0 Å². The SMILES string of the molecule is COCOc1ccc(B2OC(C)(C)C(C)(C)O2)cc1Cl. The molecule has 0 unspecified atom stereocenters. The summed E-state index contributed by atoms with van der Waals surface area (Å²) in [7, 11) is 1.14. The topological polar surface area (TPSA) is 36.9 Å². The molecule has 110 valence electrons. The monoisotopic (exact) mass is 298 g/mol. The van der Waals surface area contributed by atoms with E-state index < -0.39 is 7.12 Å². The van der Waals surface area contributed by atoms with Gasteiger partial charge in [-0.25, -0.2) is 0 Å². The van der Waals surface area contributed by atoms with E-state index in [1.54, 1.807) is 19.2 Å². The molecule has 1 saturated heterocycles. The first-order chi connectivity index (χ1) is 9.27. The summed E-state index contributed by atoms with van der Waals surface area (Å²) in [4.78, 5) is 0. The van der Waals surface area contributed by atoms with Crippen LogP contribution in [-0.2, 0) is 14.0 Å². The zero-order valence-corrected chi connectivity index (χ0v) is 13.3. The molecule has 0 N–H and O–H groups in total. The molecule has 0 aliphatic carbocycles. The number of ether oxygens (including phenoxy) is 2. The molecule has 1 aromatic carbocycles. The number of halogens is 1. The molecule has 0 atom stereocenters. The van der Waals surface area contributed by atoms with E-state index in [0.717, 1.165) is 5.46 Å². The van der Waals surface area contributed by atoms with Crippen LogP contribution >= 0.6 is 11.6 Å². The van der Waals surface area contributed by atoms with Crippen molar-refractivity contribution >= 4 is 24.2 Å². The molecule has 0 radical (unpaired) electrons. The fourth-order valence-corrected chi connectivity index (χ4v) is 2.13. The molecule has 2 rings (SSSR count). The van der Waals surface area contributed by atoms with Crippen LogP contribution in [0.5, 0.6) is 5.75 Å². The van der Waals surface area contributed by atoms with Gasteiger partial charge in [0.1, 0.15) is 5.75 Å².